The van der Waals surface area contributed by atoms with Crippen molar-refractivity contribution in [3.63, 3.8) is 0 Å². The molecule has 0 bridgehead atoms. The first-order valence-electron chi connectivity index (χ1n) is 8.57. The van der Waals surface area contributed by atoms with Crippen LogP contribution in [-0.2, 0) is 4.79 Å². The number of ketones is 1. The first-order valence-corrected chi connectivity index (χ1v) is 8.57. The summed E-state index contributed by atoms with van der Waals surface area (Å²) in [7, 11) is 0. The van der Waals surface area contributed by atoms with Crippen LogP contribution >= 0.6 is 0 Å². The van der Waals surface area contributed by atoms with Crippen molar-refractivity contribution < 1.29 is 9.90 Å². The van der Waals surface area contributed by atoms with Gasteiger partial charge >= 0.3 is 0 Å². The average molecular weight is 290 g/mol. The second-order valence-corrected chi connectivity index (χ2v) is 9.01. The molecular weight excluding hydrogens is 260 g/mol. The Kier molecular flexibility index (Phi) is 3.23. The Morgan fingerprint density at radius 1 is 1.24 bits per heavy atom. The molecule has 0 amide bonds. The van der Waals surface area contributed by atoms with Gasteiger partial charge in [-0.3, -0.25) is 4.79 Å². The predicted octanol–water partition coefficient (Wildman–Crippen LogP) is 4.13. The quantitative estimate of drug-likeness (QED) is 0.788. The fourth-order valence-electron chi connectivity index (χ4n) is 5.78. The summed E-state index contributed by atoms with van der Waals surface area (Å²) in [5.74, 6) is 1.15. The van der Waals surface area contributed by atoms with E-state index in [0.717, 1.165) is 32.1 Å². The van der Waals surface area contributed by atoms with E-state index in [1.165, 1.54) is 5.57 Å². The Morgan fingerprint density at radius 2 is 1.90 bits per heavy atom. The zero-order valence-electron chi connectivity index (χ0n) is 14.2. The molecule has 0 aromatic heterocycles. The molecule has 0 saturated heterocycles. The summed E-state index contributed by atoms with van der Waals surface area (Å²) in [6.07, 6.45) is 6.72. The van der Waals surface area contributed by atoms with Crippen molar-refractivity contribution in [2.24, 2.45) is 28.1 Å². The molecule has 21 heavy (non-hydrogen) atoms. The van der Waals surface area contributed by atoms with E-state index in [1.807, 2.05) is 6.08 Å². The molecule has 5 atom stereocenters. The summed E-state index contributed by atoms with van der Waals surface area (Å²) in [5, 5.41) is 10.6. The van der Waals surface area contributed by atoms with Crippen molar-refractivity contribution in [1.82, 2.24) is 0 Å². The smallest absolute Gasteiger partial charge is 0.162 e. The third-order valence-electron chi connectivity index (χ3n) is 7.13. The molecule has 0 aromatic rings. The van der Waals surface area contributed by atoms with E-state index in [9.17, 15) is 9.90 Å². The highest BCUT2D eigenvalue weighted by Crippen LogP contribution is 2.65. The molecule has 0 radical (unpaired) electrons. The van der Waals surface area contributed by atoms with Crippen molar-refractivity contribution in [3.05, 3.63) is 11.6 Å². The number of hydrogen-bond donors (Lipinski definition) is 1. The molecule has 2 nitrogen and oxygen atoms in total. The van der Waals surface area contributed by atoms with Crippen molar-refractivity contribution in [3.8, 4) is 0 Å². The maximum atomic E-state index is 12.5. The number of carbonyl (C=O) groups is 1. The Labute approximate surface area is 129 Å². The molecule has 2 heteroatoms. The summed E-state index contributed by atoms with van der Waals surface area (Å²) >= 11 is 0. The molecule has 1 N–H and O–H groups in total. The van der Waals surface area contributed by atoms with Crippen LogP contribution in [0.3, 0.4) is 0 Å². The largest absolute Gasteiger partial charge is 0.393 e. The summed E-state index contributed by atoms with van der Waals surface area (Å²) in [4.78, 5) is 12.5. The van der Waals surface area contributed by atoms with E-state index < -0.39 is 0 Å². The lowest BCUT2D eigenvalue weighted by Crippen LogP contribution is -2.55. The minimum Gasteiger partial charge on any atom is -0.393 e. The summed E-state index contributed by atoms with van der Waals surface area (Å²) in [6, 6.07) is 0. The van der Waals surface area contributed by atoms with Crippen LogP contribution < -0.4 is 0 Å². The number of fused-ring (bicyclic) bond motifs is 3. The van der Waals surface area contributed by atoms with Crippen LogP contribution in [-0.4, -0.2) is 17.0 Å². The Bertz CT molecular complexity index is 504. The molecule has 3 rings (SSSR count). The number of rotatable bonds is 1. The third kappa shape index (κ3) is 1.98. The lowest BCUT2D eigenvalue weighted by Gasteiger charge is -2.59. The van der Waals surface area contributed by atoms with Gasteiger partial charge in [-0.1, -0.05) is 40.2 Å². The predicted molar refractivity (Wildman–Crippen MR) is 84.8 cm³/mol. The van der Waals surface area contributed by atoms with Gasteiger partial charge < -0.3 is 5.11 Å². The number of aliphatic hydroxyl groups is 1. The van der Waals surface area contributed by atoms with E-state index in [-0.39, 0.29) is 22.3 Å². The molecule has 0 heterocycles. The Balaban J connectivity index is 2.02. The van der Waals surface area contributed by atoms with Crippen molar-refractivity contribution in [2.75, 3.05) is 0 Å². The second-order valence-electron chi connectivity index (χ2n) is 9.01. The van der Waals surface area contributed by atoms with Crippen LogP contribution in [0.2, 0.25) is 0 Å². The van der Waals surface area contributed by atoms with Crippen LogP contribution in [0, 0.1) is 28.1 Å². The molecule has 2 fully saturated rings. The molecule has 3 aliphatic rings. The number of carbonyl (C=O) groups excluding carboxylic acids is 1. The Hall–Kier alpha value is -0.630. The van der Waals surface area contributed by atoms with E-state index in [0.29, 0.717) is 17.6 Å². The number of aliphatic hydroxyl groups excluding tert-OH is 1. The second kappa shape index (κ2) is 4.44. The highest BCUT2D eigenvalue weighted by atomic mass is 16.3. The lowest BCUT2D eigenvalue weighted by atomic mass is 9.45. The zero-order valence-corrected chi connectivity index (χ0v) is 14.2. The SMILES string of the molecule is CCC1=CC(=O)[C@@]2(C)CC[C@@]3(C)CC(C)(C)[C@H](O)C[C@@H]3[C@@H]12. The highest BCUT2D eigenvalue weighted by molar-refractivity contribution is 5.98. The van der Waals surface area contributed by atoms with Gasteiger partial charge in [0, 0.05) is 5.41 Å². The summed E-state index contributed by atoms with van der Waals surface area (Å²) < 4.78 is 0. The van der Waals surface area contributed by atoms with Crippen LogP contribution in [0.25, 0.3) is 0 Å². The van der Waals surface area contributed by atoms with Crippen molar-refractivity contribution in [1.29, 1.82) is 0 Å². The van der Waals surface area contributed by atoms with Gasteiger partial charge in [-0.15, -0.1) is 0 Å². The van der Waals surface area contributed by atoms with Gasteiger partial charge in [0.25, 0.3) is 0 Å². The summed E-state index contributed by atoms with van der Waals surface area (Å²) in [6.45, 7) is 11.1. The fourth-order valence-corrected chi connectivity index (χ4v) is 5.78. The minimum atomic E-state index is -0.244. The topological polar surface area (TPSA) is 37.3 Å². The van der Waals surface area contributed by atoms with Gasteiger partial charge in [-0.05, 0) is 60.8 Å². The zero-order chi connectivity index (χ0) is 15.6. The molecule has 0 aromatic carbocycles. The van der Waals surface area contributed by atoms with Crippen LogP contribution in [0.1, 0.15) is 66.7 Å². The average Bonchev–Trinajstić information content (AvgIpc) is 2.64. The molecule has 118 valence electrons. The molecule has 0 unspecified atom stereocenters. The number of hydrogen-bond acceptors (Lipinski definition) is 2. The minimum absolute atomic E-state index is 0.00228. The van der Waals surface area contributed by atoms with E-state index in [4.69, 9.17) is 0 Å². The number of allylic oxidation sites excluding steroid dienone is 2. The van der Waals surface area contributed by atoms with Gasteiger partial charge in [0.15, 0.2) is 5.78 Å². The van der Waals surface area contributed by atoms with Gasteiger partial charge in [-0.25, -0.2) is 0 Å². The first kappa shape index (κ1) is 15.3. The van der Waals surface area contributed by atoms with E-state index in [1.54, 1.807) is 0 Å². The monoisotopic (exact) mass is 290 g/mol. The Morgan fingerprint density at radius 3 is 2.52 bits per heavy atom. The third-order valence-corrected chi connectivity index (χ3v) is 7.13. The fraction of sp³-hybridized carbons (Fsp3) is 0.842. The molecule has 3 aliphatic carbocycles. The van der Waals surface area contributed by atoms with Crippen molar-refractivity contribution in [2.45, 2.75) is 72.8 Å². The highest BCUT2D eigenvalue weighted by Gasteiger charge is 2.61. The van der Waals surface area contributed by atoms with Gasteiger partial charge in [0.1, 0.15) is 0 Å². The van der Waals surface area contributed by atoms with Gasteiger partial charge in [-0.2, -0.15) is 0 Å². The van der Waals surface area contributed by atoms with Crippen LogP contribution in [0.5, 0.6) is 0 Å². The van der Waals surface area contributed by atoms with Crippen molar-refractivity contribution >= 4 is 5.78 Å². The lowest BCUT2D eigenvalue weighted by molar-refractivity contribution is -0.146. The summed E-state index contributed by atoms with van der Waals surface area (Å²) in [5.41, 5.74) is 1.41. The maximum absolute atomic E-state index is 12.5. The maximum Gasteiger partial charge on any atom is 0.162 e. The molecular formula is C19H30O2. The van der Waals surface area contributed by atoms with Gasteiger partial charge in [0.05, 0.1) is 6.10 Å². The van der Waals surface area contributed by atoms with E-state index in [2.05, 4.69) is 34.6 Å². The molecule has 0 aliphatic heterocycles. The van der Waals surface area contributed by atoms with E-state index >= 15 is 0 Å². The van der Waals surface area contributed by atoms with Gasteiger partial charge in [0.2, 0.25) is 0 Å². The van der Waals surface area contributed by atoms with Crippen LogP contribution in [0.4, 0.5) is 0 Å². The normalized spacial score (nSPS) is 48.6. The van der Waals surface area contributed by atoms with Crippen LogP contribution in [0.15, 0.2) is 11.6 Å². The molecule has 2 saturated carbocycles. The first-order chi connectivity index (χ1) is 9.64. The standard InChI is InChI=1S/C19H30O2/c1-6-12-9-15(21)19(5)8-7-18(4)11-17(2,3)14(20)10-13(18)16(12)19/h9,13-14,16,20H,6-8,10-11H2,1-5H3/t13-,14-,16-,18+,19-/m1/s1. The molecule has 0 spiro atoms.